The van der Waals surface area contributed by atoms with Crippen LogP contribution in [-0.2, 0) is 6.61 Å². The number of ether oxygens (including phenoxy) is 1. The van der Waals surface area contributed by atoms with Crippen molar-refractivity contribution in [3.63, 3.8) is 0 Å². The molecule has 4 nitrogen and oxygen atoms in total. The minimum Gasteiger partial charge on any atom is -0.489 e. The van der Waals surface area contributed by atoms with Crippen LogP contribution in [-0.4, -0.2) is 37.0 Å². The summed E-state index contributed by atoms with van der Waals surface area (Å²) >= 11 is 6.09. The van der Waals surface area contributed by atoms with E-state index >= 15 is 0 Å². The molecule has 0 aromatic heterocycles. The van der Waals surface area contributed by atoms with E-state index in [1.807, 2.05) is 77.7 Å². The first-order chi connectivity index (χ1) is 14.2. The molecule has 1 amide bonds. The van der Waals surface area contributed by atoms with Gasteiger partial charge in [-0.25, -0.2) is 0 Å². The number of hydrogen-bond acceptors (Lipinski definition) is 3. The summed E-state index contributed by atoms with van der Waals surface area (Å²) < 4.78 is 5.76. The van der Waals surface area contributed by atoms with Crippen LogP contribution in [0.4, 0.5) is 5.69 Å². The molecule has 3 aromatic carbocycles. The molecule has 1 aliphatic rings. The second-order valence-corrected chi connectivity index (χ2v) is 7.49. The van der Waals surface area contributed by atoms with Gasteiger partial charge in [0.15, 0.2) is 0 Å². The molecule has 148 valence electrons. The molecule has 0 saturated carbocycles. The van der Waals surface area contributed by atoms with Gasteiger partial charge in [-0.2, -0.15) is 0 Å². The summed E-state index contributed by atoms with van der Waals surface area (Å²) in [5, 5.41) is 0.734. The number of amides is 1. The Hall–Kier alpha value is -2.98. The fourth-order valence-electron chi connectivity index (χ4n) is 3.45. The smallest absolute Gasteiger partial charge is 0.253 e. The zero-order valence-corrected chi connectivity index (χ0v) is 16.9. The van der Waals surface area contributed by atoms with Crippen LogP contribution in [0.25, 0.3) is 0 Å². The van der Waals surface area contributed by atoms with Crippen LogP contribution in [0.2, 0.25) is 5.02 Å². The molecular formula is C24H23ClN2O2. The van der Waals surface area contributed by atoms with Gasteiger partial charge in [-0.3, -0.25) is 4.79 Å². The molecule has 0 bridgehead atoms. The molecule has 1 saturated heterocycles. The Morgan fingerprint density at radius 1 is 0.862 bits per heavy atom. The lowest BCUT2D eigenvalue weighted by atomic mass is 10.1. The van der Waals surface area contributed by atoms with E-state index in [0.29, 0.717) is 25.3 Å². The Balaban J connectivity index is 1.31. The number of carbonyl (C=O) groups is 1. The van der Waals surface area contributed by atoms with Crippen molar-refractivity contribution in [1.82, 2.24) is 4.90 Å². The van der Waals surface area contributed by atoms with Crippen LogP contribution >= 0.6 is 11.6 Å². The number of benzene rings is 3. The predicted molar refractivity (Wildman–Crippen MR) is 117 cm³/mol. The average molecular weight is 407 g/mol. The Morgan fingerprint density at radius 3 is 2.28 bits per heavy atom. The zero-order valence-electron chi connectivity index (χ0n) is 16.1. The predicted octanol–water partition coefficient (Wildman–Crippen LogP) is 4.88. The topological polar surface area (TPSA) is 32.8 Å². The molecule has 1 aliphatic heterocycles. The number of anilines is 1. The number of nitrogens with zero attached hydrogens (tertiary/aromatic N) is 2. The van der Waals surface area contributed by atoms with E-state index in [1.165, 1.54) is 0 Å². The third-order valence-corrected chi connectivity index (χ3v) is 5.32. The summed E-state index contributed by atoms with van der Waals surface area (Å²) in [7, 11) is 0. The van der Waals surface area contributed by atoms with Gasteiger partial charge in [-0.15, -0.1) is 0 Å². The van der Waals surface area contributed by atoms with Crippen LogP contribution < -0.4 is 9.64 Å². The average Bonchev–Trinajstić information content (AvgIpc) is 2.78. The quantitative estimate of drug-likeness (QED) is 0.605. The van der Waals surface area contributed by atoms with Gasteiger partial charge in [0.05, 0.1) is 0 Å². The van der Waals surface area contributed by atoms with Gasteiger partial charge in [0.1, 0.15) is 12.4 Å². The standard InChI is InChI=1S/C24H23ClN2O2/c25-21-5-4-6-22(17-21)26-13-15-27(16-14-26)24(28)20-11-9-19(10-12-20)18-29-23-7-2-1-3-8-23/h1-12,17H,13-16,18H2. The largest absolute Gasteiger partial charge is 0.489 e. The highest BCUT2D eigenvalue weighted by Crippen LogP contribution is 2.21. The fourth-order valence-corrected chi connectivity index (χ4v) is 3.63. The van der Waals surface area contributed by atoms with Crippen molar-refractivity contribution in [3.05, 3.63) is 95.0 Å². The molecule has 5 heteroatoms. The Bertz CT molecular complexity index is 952. The highest BCUT2D eigenvalue weighted by Gasteiger charge is 2.22. The van der Waals surface area contributed by atoms with Gasteiger partial charge < -0.3 is 14.5 Å². The first-order valence-corrected chi connectivity index (χ1v) is 10.1. The summed E-state index contributed by atoms with van der Waals surface area (Å²) in [4.78, 5) is 17.0. The van der Waals surface area contributed by atoms with Crippen LogP contribution in [0.1, 0.15) is 15.9 Å². The highest BCUT2D eigenvalue weighted by molar-refractivity contribution is 6.30. The van der Waals surface area contributed by atoms with Crippen molar-refractivity contribution in [2.45, 2.75) is 6.61 Å². The monoisotopic (exact) mass is 406 g/mol. The number of para-hydroxylation sites is 1. The Morgan fingerprint density at radius 2 is 1.59 bits per heavy atom. The van der Waals surface area contributed by atoms with Crippen molar-refractivity contribution in [3.8, 4) is 5.75 Å². The summed E-state index contributed by atoms with van der Waals surface area (Å²) in [5.74, 6) is 0.913. The van der Waals surface area contributed by atoms with Gasteiger partial charge in [0.25, 0.3) is 5.91 Å². The normalized spacial score (nSPS) is 14.0. The number of piperazine rings is 1. The van der Waals surface area contributed by atoms with E-state index in [-0.39, 0.29) is 5.91 Å². The fraction of sp³-hybridized carbons (Fsp3) is 0.208. The number of carbonyl (C=O) groups excluding carboxylic acids is 1. The lowest BCUT2D eigenvalue weighted by molar-refractivity contribution is 0.0746. The minimum atomic E-state index is 0.0753. The third-order valence-electron chi connectivity index (χ3n) is 5.09. The number of halogens is 1. The molecular weight excluding hydrogens is 384 g/mol. The molecule has 0 atom stereocenters. The van der Waals surface area contributed by atoms with Crippen molar-refractivity contribution in [2.24, 2.45) is 0 Å². The maximum absolute atomic E-state index is 12.8. The molecule has 4 rings (SSSR count). The molecule has 1 heterocycles. The lowest BCUT2D eigenvalue weighted by Gasteiger charge is -2.36. The van der Waals surface area contributed by atoms with Gasteiger partial charge >= 0.3 is 0 Å². The van der Waals surface area contributed by atoms with E-state index in [1.54, 1.807) is 0 Å². The Labute approximate surface area is 176 Å². The van der Waals surface area contributed by atoms with Gasteiger partial charge in [-0.1, -0.05) is 48.0 Å². The summed E-state index contributed by atoms with van der Waals surface area (Å²) in [6.45, 7) is 3.48. The maximum Gasteiger partial charge on any atom is 0.253 e. The van der Waals surface area contributed by atoms with Gasteiger partial charge in [-0.05, 0) is 48.0 Å². The first-order valence-electron chi connectivity index (χ1n) is 9.76. The molecule has 0 spiro atoms. The van der Waals surface area contributed by atoms with Gasteiger partial charge in [0.2, 0.25) is 0 Å². The summed E-state index contributed by atoms with van der Waals surface area (Å²) in [5.41, 5.74) is 2.85. The Kier molecular flexibility index (Phi) is 6.01. The molecule has 0 unspecified atom stereocenters. The SMILES string of the molecule is O=C(c1ccc(COc2ccccc2)cc1)N1CCN(c2cccc(Cl)c2)CC1. The van der Waals surface area contributed by atoms with Gasteiger partial charge in [0, 0.05) is 42.5 Å². The molecule has 0 N–H and O–H groups in total. The molecule has 0 radical (unpaired) electrons. The summed E-state index contributed by atoms with van der Waals surface area (Å²) in [6.07, 6.45) is 0. The maximum atomic E-state index is 12.8. The van der Waals surface area contributed by atoms with Crippen LogP contribution in [0.5, 0.6) is 5.75 Å². The van der Waals surface area contributed by atoms with Crippen LogP contribution in [0.3, 0.4) is 0 Å². The van der Waals surface area contributed by atoms with E-state index < -0.39 is 0 Å². The lowest BCUT2D eigenvalue weighted by Crippen LogP contribution is -2.48. The van der Waals surface area contributed by atoms with Crippen molar-refractivity contribution < 1.29 is 9.53 Å². The zero-order chi connectivity index (χ0) is 20.1. The van der Waals surface area contributed by atoms with E-state index in [4.69, 9.17) is 16.3 Å². The van der Waals surface area contributed by atoms with E-state index in [0.717, 1.165) is 35.1 Å². The van der Waals surface area contributed by atoms with Crippen molar-refractivity contribution >= 4 is 23.2 Å². The first kappa shape index (κ1) is 19.3. The third kappa shape index (κ3) is 4.90. The number of hydrogen-bond donors (Lipinski definition) is 0. The van der Waals surface area contributed by atoms with Crippen molar-refractivity contribution in [2.75, 3.05) is 31.1 Å². The molecule has 29 heavy (non-hydrogen) atoms. The van der Waals surface area contributed by atoms with Crippen LogP contribution in [0, 0.1) is 0 Å². The second kappa shape index (κ2) is 9.01. The van der Waals surface area contributed by atoms with E-state index in [9.17, 15) is 4.79 Å². The highest BCUT2D eigenvalue weighted by atomic mass is 35.5. The second-order valence-electron chi connectivity index (χ2n) is 7.06. The number of rotatable bonds is 5. The molecule has 1 fully saturated rings. The minimum absolute atomic E-state index is 0.0753. The molecule has 0 aliphatic carbocycles. The van der Waals surface area contributed by atoms with Crippen LogP contribution in [0.15, 0.2) is 78.9 Å². The van der Waals surface area contributed by atoms with Crippen molar-refractivity contribution in [1.29, 1.82) is 0 Å². The molecule has 3 aromatic rings. The summed E-state index contributed by atoms with van der Waals surface area (Å²) in [6, 6.07) is 25.3. The van der Waals surface area contributed by atoms with E-state index in [2.05, 4.69) is 11.0 Å².